The van der Waals surface area contributed by atoms with Crippen molar-refractivity contribution < 1.29 is 4.74 Å². The van der Waals surface area contributed by atoms with E-state index in [0.717, 1.165) is 22.8 Å². The molecule has 0 aliphatic heterocycles. The molecule has 5 aromatic carbocycles. The maximum absolute atomic E-state index is 12.0. The lowest BCUT2D eigenvalue weighted by Crippen LogP contribution is -2.29. The number of hydrogen-bond acceptors (Lipinski definition) is 4. The van der Waals surface area contributed by atoms with Crippen LogP contribution in [0.3, 0.4) is 0 Å². The predicted octanol–water partition coefficient (Wildman–Crippen LogP) is 14.5. The second kappa shape index (κ2) is 21.4. The number of nitrogens with zero attached hydrogens (tertiary/aromatic N) is 2. The number of ether oxygens (including phenoxy) is 1. The fourth-order valence-electron chi connectivity index (χ4n) is 9.55. The summed E-state index contributed by atoms with van der Waals surface area (Å²) in [4.78, 5) is 28.1. The van der Waals surface area contributed by atoms with Gasteiger partial charge >= 0.3 is 5.69 Å². The van der Waals surface area contributed by atoms with E-state index in [1.165, 1.54) is 146 Å². The number of hydrogen-bond donors (Lipinski definition) is 1. The van der Waals surface area contributed by atoms with Crippen molar-refractivity contribution in [3.63, 3.8) is 0 Å². The number of aromatic amines is 1. The van der Waals surface area contributed by atoms with E-state index in [0.29, 0.717) is 19.6 Å². The van der Waals surface area contributed by atoms with Crippen LogP contribution in [0.15, 0.2) is 131 Å². The van der Waals surface area contributed by atoms with Crippen molar-refractivity contribution in [1.82, 2.24) is 9.55 Å². The zero-order valence-electron chi connectivity index (χ0n) is 37.7. The summed E-state index contributed by atoms with van der Waals surface area (Å²) in [5.74, 6) is 0.764. The number of rotatable bonds is 23. The summed E-state index contributed by atoms with van der Waals surface area (Å²) in [7, 11) is 0. The van der Waals surface area contributed by atoms with E-state index in [4.69, 9.17) is 4.74 Å². The van der Waals surface area contributed by atoms with Crippen molar-refractivity contribution in [3.05, 3.63) is 165 Å². The number of anilines is 3. The van der Waals surface area contributed by atoms with Crippen molar-refractivity contribution in [3.8, 4) is 28.0 Å². The highest BCUT2D eigenvalue weighted by atomic mass is 16.5. The summed E-state index contributed by atoms with van der Waals surface area (Å²) >= 11 is 0. The lowest BCUT2D eigenvalue weighted by Gasteiger charge is -2.33. The van der Waals surface area contributed by atoms with E-state index >= 15 is 0 Å². The van der Waals surface area contributed by atoms with Crippen molar-refractivity contribution >= 4 is 17.1 Å². The first kappa shape index (κ1) is 44.4. The van der Waals surface area contributed by atoms with Crippen molar-refractivity contribution in [2.24, 2.45) is 0 Å². The highest BCUT2D eigenvalue weighted by molar-refractivity contribution is 5.85. The van der Waals surface area contributed by atoms with E-state index < -0.39 is 11.2 Å². The highest BCUT2D eigenvalue weighted by Crippen LogP contribution is 2.55. The summed E-state index contributed by atoms with van der Waals surface area (Å²) in [5.41, 5.74) is 13.5. The van der Waals surface area contributed by atoms with E-state index in [-0.39, 0.29) is 5.41 Å². The van der Waals surface area contributed by atoms with E-state index in [9.17, 15) is 9.59 Å². The number of H-pyrrole nitrogens is 1. The third-order valence-electron chi connectivity index (χ3n) is 13.0. The molecule has 1 aliphatic carbocycles. The molecule has 0 saturated carbocycles. The number of aryl methyl sites for hydroxylation is 3. The topological polar surface area (TPSA) is 67.3 Å². The smallest absolute Gasteiger partial charge is 0.328 e. The Bertz CT molecular complexity index is 2450. The zero-order valence-corrected chi connectivity index (χ0v) is 37.7. The molecule has 6 nitrogen and oxygen atoms in total. The van der Waals surface area contributed by atoms with Gasteiger partial charge in [-0.1, -0.05) is 157 Å². The van der Waals surface area contributed by atoms with Crippen LogP contribution < -0.4 is 20.9 Å². The molecule has 0 fully saturated rings. The number of unbranched alkanes of at least 4 members (excludes halogenated alkanes) is 10. The minimum Gasteiger partial charge on any atom is -0.494 e. The molecule has 1 aliphatic rings. The van der Waals surface area contributed by atoms with Gasteiger partial charge in [0.15, 0.2) is 0 Å². The molecule has 7 rings (SSSR count). The third kappa shape index (κ3) is 10.7. The Morgan fingerprint density at radius 3 is 1.68 bits per heavy atom. The van der Waals surface area contributed by atoms with Gasteiger partial charge in [-0.25, -0.2) is 4.79 Å². The molecule has 0 bridgehead atoms. The molecule has 1 heterocycles. The molecule has 0 atom stereocenters. The molecule has 62 heavy (non-hydrogen) atoms. The van der Waals surface area contributed by atoms with Crippen molar-refractivity contribution in [1.29, 1.82) is 0 Å². The first-order valence-corrected chi connectivity index (χ1v) is 23.6. The maximum Gasteiger partial charge on any atom is 0.328 e. The number of benzene rings is 5. The lowest BCUT2D eigenvalue weighted by molar-refractivity contribution is 0.300. The summed E-state index contributed by atoms with van der Waals surface area (Å²) < 4.78 is 7.56. The molecule has 0 radical (unpaired) electrons. The van der Waals surface area contributed by atoms with Crippen LogP contribution in [0.1, 0.15) is 132 Å². The predicted molar refractivity (Wildman–Crippen MR) is 260 cm³/mol. The Morgan fingerprint density at radius 2 is 1.06 bits per heavy atom. The van der Waals surface area contributed by atoms with Crippen LogP contribution in [0.4, 0.5) is 17.1 Å². The monoisotopic (exact) mass is 830 g/mol. The van der Waals surface area contributed by atoms with Crippen LogP contribution in [0.5, 0.6) is 5.75 Å². The van der Waals surface area contributed by atoms with Crippen LogP contribution in [-0.4, -0.2) is 16.2 Å². The molecule has 0 unspecified atom stereocenters. The molecule has 6 aromatic rings. The van der Waals surface area contributed by atoms with Gasteiger partial charge in [0.2, 0.25) is 0 Å². The Kier molecular flexibility index (Phi) is 15.4. The van der Waals surface area contributed by atoms with Gasteiger partial charge in [-0.2, -0.15) is 0 Å². The van der Waals surface area contributed by atoms with Crippen LogP contribution in [0, 0.1) is 13.8 Å². The van der Waals surface area contributed by atoms with Crippen LogP contribution in [-0.2, 0) is 12.0 Å². The Morgan fingerprint density at radius 1 is 0.548 bits per heavy atom. The average molecular weight is 830 g/mol. The second-order valence-corrected chi connectivity index (χ2v) is 17.6. The SMILES string of the molecule is CCCCCCCCC1(CCCCCCCC)c2cc(C)ccc2-c2ccc(-c3ccc(N(c4ccc(C)cc4)c4ccc(OCCCn5ccc(=O)[nH]c5=O)cc4)cc3)cc21. The molecule has 0 amide bonds. The van der Waals surface area contributed by atoms with Crippen LogP contribution in [0.25, 0.3) is 22.3 Å². The molecule has 0 spiro atoms. The molecule has 6 heteroatoms. The Hall–Kier alpha value is -5.62. The van der Waals surface area contributed by atoms with E-state index in [1.807, 2.05) is 12.1 Å². The largest absolute Gasteiger partial charge is 0.494 e. The maximum atomic E-state index is 12.0. The van der Waals surface area contributed by atoms with Gasteiger partial charge in [0, 0.05) is 41.3 Å². The summed E-state index contributed by atoms with van der Waals surface area (Å²) in [6.07, 6.45) is 20.4. The summed E-state index contributed by atoms with van der Waals surface area (Å²) in [5, 5.41) is 0. The van der Waals surface area contributed by atoms with Gasteiger partial charge in [0.25, 0.3) is 5.56 Å². The van der Waals surface area contributed by atoms with Gasteiger partial charge in [-0.05, 0) is 121 Å². The Labute approximate surface area is 370 Å². The number of aromatic nitrogens is 2. The number of fused-ring (bicyclic) bond motifs is 3. The molecular formula is C56H67N3O3. The normalized spacial score (nSPS) is 12.6. The fraction of sp³-hybridized carbons (Fsp3) is 0.393. The molecule has 1 N–H and O–H groups in total. The highest BCUT2D eigenvalue weighted by Gasteiger charge is 2.42. The van der Waals surface area contributed by atoms with E-state index in [2.05, 4.69) is 135 Å². The first-order valence-electron chi connectivity index (χ1n) is 23.6. The Balaban J connectivity index is 1.14. The summed E-state index contributed by atoms with van der Waals surface area (Å²) in [6.45, 7) is 9.91. The van der Waals surface area contributed by atoms with Gasteiger partial charge in [0.05, 0.1) is 6.61 Å². The van der Waals surface area contributed by atoms with Gasteiger partial charge in [0.1, 0.15) is 5.75 Å². The third-order valence-corrected chi connectivity index (χ3v) is 13.0. The first-order chi connectivity index (χ1) is 30.3. The minimum absolute atomic E-state index is 0.0447. The van der Waals surface area contributed by atoms with Crippen LogP contribution >= 0.6 is 0 Å². The van der Waals surface area contributed by atoms with Gasteiger partial charge < -0.3 is 14.2 Å². The molecule has 324 valence electrons. The molecule has 1 aromatic heterocycles. The number of nitrogens with one attached hydrogen (secondary N) is 1. The average Bonchev–Trinajstić information content (AvgIpc) is 3.54. The summed E-state index contributed by atoms with van der Waals surface area (Å²) in [6, 6.07) is 41.9. The zero-order chi connectivity index (χ0) is 43.3. The van der Waals surface area contributed by atoms with E-state index in [1.54, 1.807) is 5.56 Å². The fourth-order valence-corrected chi connectivity index (χ4v) is 9.55. The van der Waals surface area contributed by atoms with Crippen molar-refractivity contribution in [2.75, 3.05) is 11.5 Å². The molecular weight excluding hydrogens is 763 g/mol. The van der Waals surface area contributed by atoms with Gasteiger partial charge in [-0.3, -0.25) is 9.78 Å². The second-order valence-electron chi connectivity index (χ2n) is 17.6. The van der Waals surface area contributed by atoms with Gasteiger partial charge in [-0.15, -0.1) is 0 Å². The minimum atomic E-state index is -0.404. The standard InChI is InChI=1S/C56H67N3O3/c1-5-7-9-11-13-15-35-56(36-16-14-12-10-8-6-2)52-40-43(4)20-32-50(52)51-33-23-45(41-53(51)56)44-21-26-47(27-22-44)59(46-24-18-42(3)19-25-46)48-28-30-49(31-29-48)62-39-17-37-58-38-34-54(60)57-55(58)61/h18-34,38,40-41H,5-17,35-37,39H2,1-4H3,(H,57,60,61). The van der Waals surface area contributed by atoms with Crippen LogP contribution in [0.2, 0.25) is 0 Å². The molecule has 0 saturated heterocycles. The quantitative estimate of drug-likeness (QED) is 0.0653. The lowest BCUT2D eigenvalue weighted by atomic mass is 9.70. The van der Waals surface area contributed by atoms with Crippen molar-refractivity contribution in [2.45, 2.75) is 136 Å².